The van der Waals surface area contributed by atoms with Crippen LogP contribution in [0.1, 0.15) is 10.4 Å². The summed E-state index contributed by atoms with van der Waals surface area (Å²) in [5, 5.41) is 2.50. The summed E-state index contributed by atoms with van der Waals surface area (Å²) in [5.41, 5.74) is 0.543. The molecule has 0 heterocycles. The van der Waals surface area contributed by atoms with E-state index in [4.69, 9.17) is 16.3 Å². The lowest BCUT2D eigenvalue weighted by Gasteiger charge is -2.14. The van der Waals surface area contributed by atoms with E-state index in [0.717, 1.165) is 4.31 Å². The zero-order valence-electron chi connectivity index (χ0n) is 14.1. The number of sulfonamides is 1. The summed E-state index contributed by atoms with van der Waals surface area (Å²) < 4.78 is 30.4. The van der Waals surface area contributed by atoms with Gasteiger partial charge in [0.05, 0.1) is 10.6 Å². The van der Waals surface area contributed by atoms with Crippen molar-refractivity contribution in [2.75, 3.05) is 26.0 Å². The first-order chi connectivity index (χ1) is 12.2. The Morgan fingerprint density at radius 1 is 1.12 bits per heavy atom. The van der Waals surface area contributed by atoms with Crippen molar-refractivity contribution in [3.63, 3.8) is 0 Å². The van der Waals surface area contributed by atoms with Gasteiger partial charge in [0.25, 0.3) is 5.91 Å². The third kappa shape index (κ3) is 4.81. The number of nitrogens with zero attached hydrogens (tertiary/aromatic N) is 1. The van der Waals surface area contributed by atoms with Gasteiger partial charge in [-0.05, 0) is 30.3 Å². The second kappa shape index (κ2) is 8.31. The monoisotopic (exact) mass is 396 g/mol. The number of amides is 1. The van der Waals surface area contributed by atoms with Gasteiger partial charge in [-0.15, -0.1) is 0 Å². The molecule has 2 aromatic rings. The lowest BCUT2D eigenvalue weighted by atomic mass is 10.2. The highest BCUT2D eigenvalue weighted by Gasteiger charge is 2.21. The van der Waals surface area contributed by atoms with Crippen LogP contribution in [0.2, 0.25) is 5.02 Å². The number of hydrogen-bond acceptors (Lipinski definition) is 5. The molecule has 0 aliphatic heterocycles. The number of benzene rings is 2. The van der Waals surface area contributed by atoms with Gasteiger partial charge in [-0.3, -0.25) is 4.79 Å². The standard InChI is InChI=1S/C17H17ClN2O5S/c1-20(2)26(23,24)15-10-13(8-9-14(15)18)19-16(21)11-25-17(22)12-6-4-3-5-7-12/h3-10H,11H2,1-2H3,(H,19,21). The van der Waals surface area contributed by atoms with Crippen LogP contribution in [0, 0.1) is 0 Å². The van der Waals surface area contributed by atoms with Crippen molar-refractivity contribution < 1.29 is 22.7 Å². The maximum Gasteiger partial charge on any atom is 0.338 e. The van der Waals surface area contributed by atoms with Crippen molar-refractivity contribution in [3.05, 3.63) is 59.1 Å². The minimum absolute atomic E-state index is 0.0344. The third-order valence-corrected chi connectivity index (χ3v) is 5.61. The molecule has 0 radical (unpaired) electrons. The Morgan fingerprint density at radius 2 is 1.77 bits per heavy atom. The predicted octanol–water partition coefficient (Wildman–Crippen LogP) is 2.39. The zero-order valence-corrected chi connectivity index (χ0v) is 15.7. The first kappa shape index (κ1) is 19.9. The highest BCUT2D eigenvalue weighted by Crippen LogP contribution is 2.26. The lowest BCUT2D eigenvalue weighted by Crippen LogP contribution is -2.23. The van der Waals surface area contributed by atoms with Gasteiger partial charge < -0.3 is 10.1 Å². The van der Waals surface area contributed by atoms with Crippen molar-refractivity contribution in [1.29, 1.82) is 0 Å². The summed E-state index contributed by atoms with van der Waals surface area (Å²) >= 11 is 5.94. The van der Waals surface area contributed by atoms with Crippen LogP contribution in [-0.2, 0) is 19.6 Å². The van der Waals surface area contributed by atoms with Crippen LogP contribution >= 0.6 is 11.6 Å². The molecule has 2 rings (SSSR count). The molecule has 2 aromatic carbocycles. The van der Waals surface area contributed by atoms with Crippen molar-refractivity contribution in [2.24, 2.45) is 0 Å². The number of anilines is 1. The average molecular weight is 397 g/mol. The number of nitrogens with one attached hydrogen (secondary N) is 1. The fraction of sp³-hybridized carbons (Fsp3) is 0.176. The van der Waals surface area contributed by atoms with Gasteiger partial charge in [-0.2, -0.15) is 0 Å². The largest absolute Gasteiger partial charge is 0.452 e. The van der Waals surface area contributed by atoms with E-state index in [1.807, 2.05) is 0 Å². The molecular formula is C17H17ClN2O5S. The highest BCUT2D eigenvalue weighted by molar-refractivity contribution is 7.89. The van der Waals surface area contributed by atoms with E-state index in [2.05, 4.69) is 5.32 Å². The van der Waals surface area contributed by atoms with Crippen LogP contribution in [0.25, 0.3) is 0 Å². The fourth-order valence-corrected chi connectivity index (χ4v) is 3.36. The second-order valence-electron chi connectivity index (χ2n) is 5.42. The molecular weight excluding hydrogens is 380 g/mol. The molecule has 0 saturated carbocycles. The Kier molecular flexibility index (Phi) is 6.36. The molecule has 26 heavy (non-hydrogen) atoms. The quantitative estimate of drug-likeness (QED) is 0.757. The van der Waals surface area contributed by atoms with E-state index in [9.17, 15) is 18.0 Å². The van der Waals surface area contributed by atoms with Crippen molar-refractivity contribution in [3.8, 4) is 0 Å². The van der Waals surface area contributed by atoms with E-state index in [0.29, 0.717) is 5.56 Å². The summed E-state index contributed by atoms with van der Waals surface area (Å²) in [4.78, 5) is 23.6. The molecule has 0 atom stereocenters. The molecule has 0 aliphatic carbocycles. The predicted molar refractivity (Wildman–Crippen MR) is 97.7 cm³/mol. The first-order valence-electron chi connectivity index (χ1n) is 7.46. The average Bonchev–Trinajstić information content (AvgIpc) is 2.61. The van der Waals surface area contributed by atoms with E-state index < -0.39 is 28.5 Å². The number of carbonyl (C=O) groups is 2. The van der Waals surface area contributed by atoms with Gasteiger partial charge in [-0.25, -0.2) is 17.5 Å². The minimum atomic E-state index is -3.76. The SMILES string of the molecule is CN(C)S(=O)(=O)c1cc(NC(=O)COC(=O)c2ccccc2)ccc1Cl. The fourth-order valence-electron chi connectivity index (χ4n) is 1.96. The molecule has 0 bridgehead atoms. The summed E-state index contributed by atoms with van der Waals surface area (Å²) in [6.07, 6.45) is 0. The molecule has 7 nitrogen and oxygen atoms in total. The van der Waals surface area contributed by atoms with Gasteiger partial charge >= 0.3 is 5.97 Å². The normalized spacial score (nSPS) is 11.2. The van der Waals surface area contributed by atoms with E-state index in [1.165, 1.54) is 32.3 Å². The summed E-state index contributed by atoms with van der Waals surface area (Å²) in [6.45, 7) is -0.508. The number of ether oxygens (including phenoxy) is 1. The molecule has 1 N–H and O–H groups in total. The maximum absolute atomic E-state index is 12.2. The molecule has 9 heteroatoms. The van der Waals surface area contributed by atoms with Crippen molar-refractivity contribution in [1.82, 2.24) is 4.31 Å². The minimum Gasteiger partial charge on any atom is -0.452 e. The molecule has 0 fully saturated rings. The first-order valence-corrected chi connectivity index (χ1v) is 9.27. The molecule has 0 unspecified atom stereocenters. The number of rotatable bonds is 6. The Hall–Kier alpha value is -2.42. The molecule has 0 saturated heterocycles. The number of carbonyl (C=O) groups excluding carboxylic acids is 2. The summed E-state index contributed by atoms with van der Waals surface area (Å²) in [6, 6.07) is 12.3. The molecule has 0 spiro atoms. The topological polar surface area (TPSA) is 92.8 Å². The van der Waals surface area contributed by atoms with Crippen LogP contribution in [0.4, 0.5) is 5.69 Å². The van der Waals surface area contributed by atoms with Crippen molar-refractivity contribution >= 4 is 39.2 Å². The van der Waals surface area contributed by atoms with E-state index in [-0.39, 0.29) is 15.6 Å². The second-order valence-corrected chi connectivity index (χ2v) is 7.95. The Labute approximate surface area is 156 Å². The van der Waals surface area contributed by atoms with Crippen LogP contribution < -0.4 is 5.32 Å². The van der Waals surface area contributed by atoms with Crippen molar-refractivity contribution in [2.45, 2.75) is 4.90 Å². The lowest BCUT2D eigenvalue weighted by molar-refractivity contribution is -0.119. The summed E-state index contributed by atoms with van der Waals surface area (Å²) in [5.74, 6) is -1.24. The van der Waals surface area contributed by atoms with Crippen LogP contribution in [0.15, 0.2) is 53.4 Å². The summed E-state index contributed by atoms with van der Waals surface area (Å²) in [7, 11) is -1.01. The van der Waals surface area contributed by atoms with Crippen LogP contribution in [0.5, 0.6) is 0 Å². The van der Waals surface area contributed by atoms with Gasteiger partial charge in [-0.1, -0.05) is 29.8 Å². The smallest absolute Gasteiger partial charge is 0.338 e. The Morgan fingerprint density at radius 3 is 2.38 bits per heavy atom. The molecule has 1 amide bonds. The van der Waals surface area contributed by atoms with E-state index in [1.54, 1.807) is 30.3 Å². The highest BCUT2D eigenvalue weighted by atomic mass is 35.5. The van der Waals surface area contributed by atoms with Gasteiger partial charge in [0.2, 0.25) is 10.0 Å². The van der Waals surface area contributed by atoms with Crippen LogP contribution in [0.3, 0.4) is 0 Å². The van der Waals surface area contributed by atoms with Gasteiger partial charge in [0.15, 0.2) is 6.61 Å². The zero-order chi connectivity index (χ0) is 19.3. The number of hydrogen-bond donors (Lipinski definition) is 1. The third-order valence-electron chi connectivity index (χ3n) is 3.32. The maximum atomic E-state index is 12.2. The molecule has 0 aromatic heterocycles. The van der Waals surface area contributed by atoms with E-state index >= 15 is 0 Å². The molecule has 138 valence electrons. The Balaban J connectivity index is 2.05. The van der Waals surface area contributed by atoms with Crippen LogP contribution in [-0.4, -0.2) is 45.3 Å². The number of halogens is 1. The Bertz CT molecular complexity index is 914. The van der Waals surface area contributed by atoms with Gasteiger partial charge in [0, 0.05) is 19.8 Å². The molecule has 0 aliphatic rings. The van der Waals surface area contributed by atoms with Gasteiger partial charge in [0.1, 0.15) is 4.90 Å². The number of esters is 1.